The minimum absolute atomic E-state index is 0.0736. The summed E-state index contributed by atoms with van der Waals surface area (Å²) in [6.45, 7) is 4.19. The molecule has 1 saturated heterocycles. The fraction of sp³-hybridized carbons (Fsp3) is 0.600. The van der Waals surface area contributed by atoms with Crippen molar-refractivity contribution in [2.75, 3.05) is 19.8 Å². The van der Waals surface area contributed by atoms with E-state index in [9.17, 15) is 9.59 Å². The van der Waals surface area contributed by atoms with Crippen LogP contribution in [0.3, 0.4) is 0 Å². The normalized spacial score (nSPS) is 20.3. The quantitative estimate of drug-likeness (QED) is 0.525. The number of hydrogen-bond donors (Lipinski definition) is 1. The molecule has 0 spiro atoms. The van der Waals surface area contributed by atoms with Gasteiger partial charge >= 0.3 is 5.97 Å². The molecule has 84 valence electrons. The summed E-state index contributed by atoms with van der Waals surface area (Å²) in [6.07, 6.45) is 2.82. The molecule has 1 heterocycles. The number of carboxylic acids is 1. The van der Waals surface area contributed by atoms with E-state index in [1.165, 1.54) is 4.90 Å². The van der Waals surface area contributed by atoms with E-state index >= 15 is 0 Å². The molecule has 1 fully saturated rings. The number of likely N-dealkylation sites (tertiary alicyclic amines) is 1. The van der Waals surface area contributed by atoms with Crippen molar-refractivity contribution in [3.05, 3.63) is 12.7 Å². The summed E-state index contributed by atoms with van der Waals surface area (Å²) in [5.41, 5.74) is 0. The van der Waals surface area contributed by atoms with Gasteiger partial charge in [-0.25, -0.2) is 4.79 Å². The van der Waals surface area contributed by atoms with E-state index in [0.717, 1.165) is 6.42 Å². The molecule has 15 heavy (non-hydrogen) atoms. The molecule has 0 bridgehead atoms. The maximum atomic E-state index is 11.5. The maximum Gasteiger partial charge on any atom is 0.326 e. The summed E-state index contributed by atoms with van der Waals surface area (Å²) in [5, 5.41) is 8.85. The lowest BCUT2D eigenvalue weighted by Crippen LogP contribution is -2.42. The van der Waals surface area contributed by atoms with Crippen LogP contribution in [-0.2, 0) is 14.3 Å². The van der Waals surface area contributed by atoms with Crippen LogP contribution in [-0.4, -0.2) is 47.7 Å². The number of carbonyl (C=O) groups is 2. The molecular weight excluding hydrogens is 198 g/mol. The monoisotopic (exact) mass is 213 g/mol. The van der Waals surface area contributed by atoms with Crippen LogP contribution in [0.1, 0.15) is 12.8 Å². The van der Waals surface area contributed by atoms with Gasteiger partial charge in [-0.3, -0.25) is 4.79 Å². The number of carbonyl (C=O) groups excluding carboxylic acids is 1. The topological polar surface area (TPSA) is 66.8 Å². The Bertz CT molecular complexity index is 264. The largest absolute Gasteiger partial charge is 0.480 e. The van der Waals surface area contributed by atoms with Crippen molar-refractivity contribution < 1.29 is 19.4 Å². The van der Waals surface area contributed by atoms with Crippen LogP contribution in [0.4, 0.5) is 0 Å². The zero-order valence-electron chi connectivity index (χ0n) is 8.52. The van der Waals surface area contributed by atoms with E-state index < -0.39 is 12.0 Å². The number of aliphatic carboxylic acids is 1. The molecule has 0 aliphatic carbocycles. The Hall–Kier alpha value is -1.36. The van der Waals surface area contributed by atoms with Crippen molar-refractivity contribution in [2.45, 2.75) is 18.9 Å². The van der Waals surface area contributed by atoms with Crippen LogP contribution < -0.4 is 0 Å². The molecule has 1 aliphatic heterocycles. The highest BCUT2D eigenvalue weighted by Crippen LogP contribution is 2.17. The highest BCUT2D eigenvalue weighted by atomic mass is 16.5. The van der Waals surface area contributed by atoms with E-state index in [2.05, 4.69) is 6.58 Å². The molecule has 0 radical (unpaired) electrons. The van der Waals surface area contributed by atoms with Gasteiger partial charge in [0, 0.05) is 6.54 Å². The number of nitrogens with zero attached hydrogens (tertiary/aromatic N) is 1. The Balaban J connectivity index is 2.43. The van der Waals surface area contributed by atoms with Crippen molar-refractivity contribution in [2.24, 2.45) is 0 Å². The molecule has 1 unspecified atom stereocenters. The molecular formula is C10H15NO4. The molecule has 1 rings (SSSR count). The van der Waals surface area contributed by atoms with E-state index in [4.69, 9.17) is 9.84 Å². The molecule has 1 aliphatic rings. The van der Waals surface area contributed by atoms with Crippen molar-refractivity contribution in [3.8, 4) is 0 Å². The van der Waals surface area contributed by atoms with Crippen LogP contribution in [0.2, 0.25) is 0 Å². The van der Waals surface area contributed by atoms with Crippen molar-refractivity contribution in [1.29, 1.82) is 0 Å². The number of ether oxygens (including phenoxy) is 1. The second-order valence-corrected chi connectivity index (χ2v) is 3.39. The van der Waals surface area contributed by atoms with Crippen LogP contribution in [0.5, 0.6) is 0 Å². The first-order valence-corrected chi connectivity index (χ1v) is 4.87. The van der Waals surface area contributed by atoms with Crippen LogP contribution in [0.25, 0.3) is 0 Å². The number of carboxylic acid groups (broad SMARTS) is 1. The van der Waals surface area contributed by atoms with Gasteiger partial charge in [0.05, 0.1) is 6.61 Å². The van der Waals surface area contributed by atoms with Crippen molar-refractivity contribution >= 4 is 11.9 Å². The first-order valence-electron chi connectivity index (χ1n) is 4.87. The smallest absolute Gasteiger partial charge is 0.326 e. The number of amides is 1. The second-order valence-electron chi connectivity index (χ2n) is 3.39. The standard InChI is InChI=1S/C10H15NO4/c1-2-6-15-7-9(12)11-5-3-4-8(11)10(13)14/h2,8H,1,3-7H2,(H,13,14). The van der Waals surface area contributed by atoms with Gasteiger partial charge in [0.2, 0.25) is 5.91 Å². The fourth-order valence-corrected chi connectivity index (χ4v) is 1.63. The predicted octanol–water partition coefficient (Wildman–Crippen LogP) is 0.265. The van der Waals surface area contributed by atoms with Gasteiger partial charge in [-0.15, -0.1) is 6.58 Å². The molecule has 1 N–H and O–H groups in total. The van der Waals surface area contributed by atoms with Crippen LogP contribution in [0, 0.1) is 0 Å². The molecule has 5 nitrogen and oxygen atoms in total. The Morgan fingerprint density at radius 1 is 1.60 bits per heavy atom. The van der Waals surface area contributed by atoms with Gasteiger partial charge in [-0.1, -0.05) is 6.08 Å². The summed E-state index contributed by atoms with van der Waals surface area (Å²) in [6, 6.07) is -0.676. The Morgan fingerprint density at radius 3 is 2.93 bits per heavy atom. The summed E-state index contributed by atoms with van der Waals surface area (Å²) < 4.78 is 4.98. The zero-order chi connectivity index (χ0) is 11.3. The van der Waals surface area contributed by atoms with Gasteiger partial charge in [0.1, 0.15) is 12.6 Å². The summed E-state index contributed by atoms with van der Waals surface area (Å²) >= 11 is 0. The fourth-order valence-electron chi connectivity index (χ4n) is 1.63. The van der Waals surface area contributed by atoms with Gasteiger partial charge in [-0.2, -0.15) is 0 Å². The average Bonchev–Trinajstić information content (AvgIpc) is 2.66. The van der Waals surface area contributed by atoms with E-state index in [1.54, 1.807) is 6.08 Å². The molecule has 0 saturated carbocycles. The molecule has 1 atom stereocenters. The first-order chi connectivity index (χ1) is 7.16. The Morgan fingerprint density at radius 2 is 2.33 bits per heavy atom. The van der Waals surface area contributed by atoms with Gasteiger partial charge in [-0.05, 0) is 12.8 Å². The predicted molar refractivity (Wildman–Crippen MR) is 53.4 cm³/mol. The molecule has 0 aromatic carbocycles. The summed E-state index contributed by atoms with van der Waals surface area (Å²) in [5.74, 6) is -1.20. The molecule has 0 aromatic rings. The third-order valence-corrected chi connectivity index (χ3v) is 2.32. The minimum Gasteiger partial charge on any atom is -0.480 e. The van der Waals surface area contributed by atoms with E-state index in [0.29, 0.717) is 19.6 Å². The lowest BCUT2D eigenvalue weighted by Gasteiger charge is -2.20. The number of rotatable bonds is 5. The van der Waals surface area contributed by atoms with E-state index in [1.807, 2.05) is 0 Å². The highest BCUT2D eigenvalue weighted by Gasteiger charge is 2.33. The zero-order valence-corrected chi connectivity index (χ0v) is 8.52. The lowest BCUT2D eigenvalue weighted by atomic mass is 10.2. The van der Waals surface area contributed by atoms with Gasteiger partial charge in [0.25, 0.3) is 0 Å². The first kappa shape index (κ1) is 11.7. The number of hydrogen-bond acceptors (Lipinski definition) is 3. The molecule has 1 amide bonds. The minimum atomic E-state index is -0.940. The van der Waals surface area contributed by atoms with Crippen molar-refractivity contribution in [1.82, 2.24) is 4.90 Å². The SMILES string of the molecule is C=CCOCC(=O)N1CCCC1C(=O)O. The maximum absolute atomic E-state index is 11.5. The lowest BCUT2D eigenvalue weighted by molar-refractivity contribution is -0.149. The second kappa shape index (κ2) is 5.50. The van der Waals surface area contributed by atoms with Crippen molar-refractivity contribution in [3.63, 3.8) is 0 Å². The third kappa shape index (κ3) is 3.06. The highest BCUT2D eigenvalue weighted by molar-refractivity contribution is 5.84. The Labute approximate surface area is 88.3 Å². The Kier molecular flexibility index (Phi) is 4.30. The average molecular weight is 213 g/mol. The van der Waals surface area contributed by atoms with Gasteiger partial charge < -0.3 is 14.7 Å². The third-order valence-electron chi connectivity index (χ3n) is 2.32. The van der Waals surface area contributed by atoms with Crippen LogP contribution >= 0.6 is 0 Å². The molecule has 5 heteroatoms. The van der Waals surface area contributed by atoms with Gasteiger partial charge in [0.15, 0.2) is 0 Å². The molecule has 0 aromatic heterocycles. The van der Waals surface area contributed by atoms with E-state index in [-0.39, 0.29) is 12.5 Å². The summed E-state index contributed by atoms with van der Waals surface area (Å²) in [7, 11) is 0. The summed E-state index contributed by atoms with van der Waals surface area (Å²) in [4.78, 5) is 23.7. The van der Waals surface area contributed by atoms with Crippen LogP contribution in [0.15, 0.2) is 12.7 Å².